The van der Waals surface area contributed by atoms with Gasteiger partial charge in [-0.1, -0.05) is 35.9 Å². The summed E-state index contributed by atoms with van der Waals surface area (Å²) in [6.07, 6.45) is 0. The summed E-state index contributed by atoms with van der Waals surface area (Å²) in [4.78, 5) is 14.5. The molecule has 0 bridgehead atoms. The van der Waals surface area contributed by atoms with Crippen molar-refractivity contribution in [3.63, 3.8) is 0 Å². The normalized spacial score (nSPS) is 10.5. The fourth-order valence-electron chi connectivity index (χ4n) is 2.13. The first-order chi connectivity index (χ1) is 10.0. The van der Waals surface area contributed by atoms with Gasteiger partial charge in [-0.15, -0.1) is 0 Å². The van der Waals surface area contributed by atoms with Crippen molar-refractivity contribution in [1.82, 2.24) is 4.90 Å². The van der Waals surface area contributed by atoms with Crippen molar-refractivity contribution < 1.29 is 4.79 Å². The first-order valence-corrected chi connectivity index (χ1v) is 8.27. The maximum Gasteiger partial charge on any atom is 0.254 e. The Hall–Kier alpha value is -1.07. The van der Waals surface area contributed by atoms with Gasteiger partial charge in [-0.2, -0.15) is 0 Å². The number of rotatable bonds is 4. The van der Waals surface area contributed by atoms with Crippen LogP contribution in [0, 0.1) is 10.5 Å². The summed E-state index contributed by atoms with van der Waals surface area (Å²) < 4.78 is 0.952. The summed E-state index contributed by atoms with van der Waals surface area (Å²) in [5.74, 6) is 0.0130. The van der Waals surface area contributed by atoms with Crippen LogP contribution in [0.25, 0.3) is 0 Å². The van der Waals surface area contributed by atoms with Crippen LogP contribution in [0.1, 0.15) is 28.4 Å². The Morgan fingerprint density at radius 3 is 2.57 bits per heavy atom. The van der Waals surface area contributed by atoms with Crippen LogP contribution in [0.2, 0.25) is 5.02 Å². The average molecular weight is 414 g/mol. The summed E-state index contributed by atoms with van der Waals surface area (Å²) in [6, 6.07) is 13.6. The van der Waals surface area contributed by atoms with Crippen molar-refractivity contribution in [2.45, 2.75) is 20.4 Å². The SMILES string of the molecule is CCN(Cc1ccccc1C)C(=O)c1ccc(I)c(Cl)c1. The molecule has 0 saturated carbocycles. The summed E-state index contributed by atoms with van der Waals surface area (Å²) >= 11 is 8.27. The maximum absolute atomic E-state index is 12.6. The molecule has 21 heavy (non-hydrogen) atoms. The van der Waals surface area contributed by atoms with Crippen molar-refractivity contribution in [1.29, 1.82) is 0 Å². The maximum atomic E-state index is 12.6. The van der Waals surface area contributed by atoms with Crippen molar-refractivity contribution in [2.24, 2.45) is 0 Å². The van der Waals surface area contributed by atoms with Gasteiger partial charge < -0.3 is 4.90 Å². The van der Waals surface area contributed by atoms with Gasteiger partial charge in [-0.05, 0) is 65.8 Å². The van der Waals surface area contributed by atoms with Gasteiger partial charge in [0, 0.05) is 22.2 Å². The Morgan fingerprint density at radius 1 is 1.24 bits per heavy atom. The van der Waals surface area contributed by atoms with E-state index >= 15 is 0 Å². The molecule has 2 nitrogen and oxygen atoms in total. The van der Waals surface area contributed by atoms with Gasteiger partial charge in [0.1, 0.15) is 0 Å². The lowest BCUT2D eigenvalue weighted by Crippen LogP contribution is -2.30. The van der Waals surface area contributed by atoms with Gasteiger partial charge in [0.15, 0.2) is 0 Å². The zero-order chi connectivity index (χ0) is 15.4. The van der Waals surface area contributed by atoms with Gasteiger partial charge in [-0.25, -0.2) is 0 Å². The van der Waals surface area contributed by atoms with E-state index in [4.69, 9.17) is 11.6 Å². The number of halogens is 2. The van der Waals surface area contributed by atoms with Gasteiger partial charge in [0.25, 0.3) is 5.91 Å². The van der Waals surface area contributed by atoms with E-state index in [2.05, 4.69) is 41.6 Å². The molecule has 0 N–H and O–H groups in total. The van der Waals surface area contributed by atoms with Crippen LogP contribution >= 0.6 is 34.2 Å². The number of aryl methyl sites for hydroxylation is 1. The van der Waals surface area contributed by atoms with Crippen molar-refractivity contribution in [3.05, 3.63) is 67.7 Å². The van der Waals surface area contributed by atoms with Crippen LogP contribution < -0.4 is 0 Å². The second-order valence-corrected chi connectivity index (χ2v) is 6.44. The number of amides is 1. The summed E-state index contributed by atoms with van der Waals surface area (Å²) in [5, 5.41) is 0.619. The lowest BCUT2D eigenvalue weighted by molar-refractivity contribution is 0.0752. The molecule has 4 heteroatoms. The molecule has 1 amide bonds. The second kappa shape index (κ2) is 7.27. The van der Waals surface area contributed by atoms with Gasteiger partial charge in [0.05, 0.1) is 5.02 Å². The topological polar surface area (TPSA) is 20.3 Å². The van der Waals surface area contributed by atoms with E-state index in [0.29, 0.717) is 23.7 Å². The lowest BCUT2D eigenvalue weighted by Gasteiger charge is -2.22. The molecule has 0 atom stereocenters. The highest BCUT2D eigenvalue weighted by Gasteiger charge is 2.16. The molecule has 0 saturated heterocycles. The molecule has 0 aliphatic carbocycles. The van der Waals surface area contributed by atoms with E-state index in [1.54, 1.807) is 6.07 Å². The third-order valence-corrected chi connectivity index (χ3v) is 5.03. The van der Waals surface area contributed by atoms with Crippen LogP contribution in [-0.4, -0.2) is 17.4 Å². The van der Waals surface area contributed by atoms with Crippen molar-refractivity contribution >= 4 is 40.1 Å². The monoisotopic (exact) mass is 413 g/mol. The Bertz CT molecular complexity index is 657. The van der Waals surface area contributed by atoms with E-state index in [-0.39, 0.29) is 5.91 Å². The van der Waals surface area contributed by atoms with Crippen LogP contribution in [0.4, 0.5) is 0 Å². The Morgan fingerprint density at radius 2 is 1.95 bits per heavy atom. The quantitative estimate of drug-likeness (QED) is 0.652. The lowest BCUT2D eigenvalue weighted by atomic mass is 10.1. The van der Waals surface area contributed by atoms with Gasteiger partial charge in [-0.3, -0.25) is 4.79 Å². The molecule has 0 heterocycles. The van der Waals surface area contributed by atoms with E-state index in [9.17, 15) is 4.79 Å². The number of carbonyl (C=O) groups excluding carboxylic acids is 1. The minimum absolute atomic E-state index is 0.0130. The Kier molecular flexibility index (Phi) is 5.65. The minimum Gasteiger partial charge on any atom is -0.335 e. The smallest absolute Gasteiger partial charge is 0.254 e. The second-order valence-electron chi connectivity index (χ2n) is 4.87. The van der Waals surface area contributed by atoms with Crippen LogP contribution in [0.3, 0.4) is 0 Å². The first kappa shape index (κ1) is 16.3. The molecular formula is C17H17ClINO. The number of carbonyl (C=O) groups is 1. The number of hydrogen-bond acceptors (Lipinski definition) is 1. The zero-order valence-corrected chi connectivity index (χ0v) is 15.0. The van der Waals surface area contributed by atoms with E-state index < -0.39 is 0 Å². The van der Waals surface area contributed by atoms with E-state index in [1.165, 1.54) is 11.1 Å². The molecule has 0 fully saturated rings. The molecule has 0 unspecified atom stereocenters. The van der Waals surface area contributed by atoms with Gasteiger partial charge >= 0.3 is 0 Å². The predicted molar refractivity (Wildman–Crippen MR) is 95.8 cm³/mol. The molecule has 2 aromatic rings. The molecule has 2 rings (SSSR count). The fraction of sp³-hybridized carbons (Fsp3) is 0.235. The number of hydrogen-bond donors (Lipinski definition) is 0. The molecule has 0 radical (unpaired) electrons. The summed E-state index contributed by atoms with van der Waals surface area (Å²) in [6.45, 7) is 5.34. The van der Waals surface area contributed by atoms with Gasteiger partial charge in [0.2, 0.25) is 0 Å². The minimum atomic E-state index is 0.0130. The van der Waals surface area contributed by atoms with Crippen LogP contribution in [-0.2, 0) is 6.54 Å². The molecule has 110 valence electrons. The highest BCUT2D eigenvalue weighted by Crippen LogP contribution is 2.21. The highest BCUT2D eigenvalue weighted by atomic mass is 127. The van der Waals surface area contributed by atoms with E-state index in [1.807, 2.05) is 36.1 Å². The highest BCUT2D eigenvalue weighted by molar-refractivity contribution is 14.1. The largest absolute Gasteiger partial charge is 0.335 e. The molecule has 0 aromatic heterocycles. The summed E-state index contributed by atoms with van der Waals surface area (Å²) in [7, 11) is 0. The standard InChI is InChI=1S/C17H17ClINO/c1-3-20(11-14-7-5-4-6-12(14)2)17(21)13-8-9-16(19)15(18)10-13/h4-10H,3,11H2,1-2H3. The zero-order valence-electron chi connectivity index (χ0n) is 12.1. The van der Waals surface area contributed by atoms with Crippen molar-refractivity contribution in [3.8, 4) is 0 Å². The average Bonchev–Trinajstić information content (AvgIpc) is 2.48. The molecule has 0 spiro atoms. The first-order valence-electron chi connectivity index (χ1n) is 6.81. The predicted octanol–water partition coefficient (Wildman–Crippen LogP) is 4.92. The number of benzene rings is 2. The van der Waals surface area contributed by atoms with E-state index in [0.717, 1.165) is 3.57 Å². The third kappa shape index (κ3) is 3.98. The van der Waals surface area contributed by atoms with Crippen molar-refractivity contribution in [2.75, 3.05) is 6.54 Å². The molecule has 0 aliphatic heterocycles. The Balaban J connectivity index is 2.22. The summed E-state index contributed by atoms with van der Waals surface area (Å²) in [5.41, 5.74) is 3.00. The number of nitrogens with zero attached hydrogens (tertiary/aromatic N) is 1. The fourth-order valence-corrected chi connectivity index (χ4v) is 2.65. The third-order valence-electron chi connectivity index (χ3n) is 3.46. The van der Waals surface area contributed by atoms with Crippen LogP contribution in [0.15, 0.2) is 42.5 Å². The van der Waals surface area contributed by atoms with Crippen LogP contribution in [0.5, 0.6) is 0 Å². The molecule has 2 aromatic carbocycles. The molecule has 0 aliphatic rings. The Labute approximate surface area is 144 Å². The molecular weight excluding hydrogens is 397 g/mol.